The van der Waals surface area contributed by atoms with Crippen LogP contribution in [0.1, 0.15) is 149 Å². The Kier molecular flexibility index (Phi) is 35.7. The molecule has 0 aromatic heterocycles. The number of rotatable bonds is 37. The number of phosphoric acid groups is 1. The third-order valence-electron chi connectivity index (χ3n) is 8.86. The quantitative estimate of drug-likeness (QED) is 0.0281. The first-order chi connectivity index (χ1) is 26.5. The fourth-order valence-electron chi connectivity index (χ4n) is 5.45. The molecule has 0 aromatic carbocycles. The van der Waals surface area contributed by atoms with Crippen LogP contribution in [-0.2, 0) is 18.4 Å². The van der Waals surface area contributed by atoms with Gasteiger partial charge in [-0.25, -0.2) is 0 Å². The summed E-state index contributed by atoms with van der Waals surface area (Å²) in [6, 6.07) is -0.892. The molecule has 0 bridgehead atoms. The molecule has 1 amide bonds. The topological polar surface area (TPSA) is 108 Å². The lowest BCUT2D eigenvalue weighted by molar-refractivity contribution is -0.870. The number of quaternary nitrogens is 1. The first kappa shape index (κ1) is 52.7. The zero-order chi connectivity index (χ0) is 40.7. The van der Waals surface area contributed by atoms with E-state index in [-0.39, 0.29) is 12.5 Å². The van der Waals surface area contributed by atoms with Crippen LogP contribution in [0.2, 0.25) is 0 Å². The highest BCUT2D eigenvalue weighted by Crippen LogP contribution is 2.38. The maximum atomic E-state index is 12.8. The number of unbranched alkanes of at least 4 members (excludes halogenated alkanes) is 12. The Bertz CT molecular complexity index is 1170. The third kappa shape index (κ3) is 39.7. The Morgan fingerprint density at radius 3 is 1.62 bits per heavy atom. The number of carbonyl (C=O) groups excluding carboxylic acids is 1. The van der Waals surface area contributed by atoms with Crippen molar-refractivity contribution in [2.75, 3.05) is 40.9 Å². The molecular weight excluding hydrogens is 707 g/mol. The van der Waals surface area contributed by atoms with E-state index in [0.29, 0.717) is 17.4 Å². The van der Waals surface area contributed by atoms with Gasteiger partial charge in [-0.3, -0.25) is 9.36 Å². The number of allylic oxidation sites excluding steroid dienone is 13. The highest BCUT2D eigenvalue weighted by molar-refractivity contribution is 7.45. The Morgan fingerprint density at radius 1 is 0.655 bits per heavy atom. The van der Waals surface area contributed by atoms with E-state index in [4.69, 9.17) is 9.05 Å². The molecule has 0 aliphatic rings. The third-order valence-corrected chi connectivity index (χ3v) is 9.83. The molecule has 0 heterocycles. The molecule has 0 saturated heterocycles. The van der Waals surface area contributed by atoms with Crippen LogP contribution in [0.3, 0.4) is 0 Å². The summed E-state index contributed by atoms with van der Waals surface area (Å²) in [5, 5.41) is 13.6. The number of aliphatic hydroxyl groups is 1. The van der Waals surface area contributed by atoms with E-state index in [0.717, 1.165) is 96.3 Å². The van der Waals surface area contributed by atoms with Crippen molar-refractivity contribution in [2.24, 2.45) is 0 Å². The maximum absolute atomic E-state index is 12.8. The van der Waals surface area contributed by atoms with E-state index >= 15 is 0 Å². The largest absolute Gasteiger partial charge is 0.756 e. The number of likely N-dealkylation sites (N-methyl/N-ethyl adjacent to an activating group) is 1. The molecule has 0 aliphatic heterocycles. The van der Waals surface area contributed by atoms with Gasteiger partial charge < -0.3 is 28.8 Å². The van der Waals surface area contributed by atoms with Crippen LogP contribution < -0.4 is 10.2 Å². The summed E-state index contributed by atoms with van der Waals surface area (Å²) in [4.78, 5) is 25.1. The molecule has 316 valence electrons. The van der Waals surface area contributed by atoms with Crippen LogP contribution in [0.5, 0.6) is 0 Å². The lowest BCUT2D eigenvalue weighted by Crippen LogP contribution is -2.45. The Morgan fingerprint density at radius 2 is 1.11 bits per heavy atom. The van der Waals surface area contributed by atoms with Crippen molar-refractivity contribution in [2.45, 2.75) is 161 Å². The highest BCUT2D eigenvalue weighted by Gasteiger charge is 2.23. The number of nitrogens with one attached hydrogen (secondary N) is 1. The smallest absolute Gasteiger partial charge is 0.268 e. The number of hydrogen-bond acceptors (Lipinski definition) is 6. The Hall–Kier alpha value is -2.32. The lowest BCUT2D eigenvalue weighted by Gasteiger charge is -2.29. The summed E-state index contributed by atoms with van der Waals surface area (Å²) >= 11 is 0. The number of phosphoric ester groups is 1. The molecule has 0 saturated carbocycles. The number of hydrogen-bond donors (Lipinski definition) is 2. The van der Waals surface area contributed by atoms with Gasteiger partial charge in [-0.05, 0) is 70.6 Å². The molecule has 9 heteroatoms. The van der Waals surface area contributed by atoms with Crippen LogP contribution in [0.15, 0.2) is 85.1 Å². The standard InChI is InChI=1S/C46H81N2O6P/c1-6-8-10-12-14-15-16-17-18-19-20-21-22-23-24-25-26-27-28-29-30-31-32-33-34-36-38-40-46(50)47-44(45(49)39-37-35-13-11-9-7-2)43-54-55(51,52)53-42-41-48(3,4)5/h8,10,14-15,17-18,20-21,23-24,26-27,37,39,44-45,49H,6-7,9,11-13,16,19,22,25,28-36,38,40-43H2,1-5H3,(H-,47,50,51,52)/b10-8-,15-14-,18-17-,21-20-,24-23-,27-26-,39-37+. The van der Waals surface area contributed by atoms with Crippen LogP contribution >= 0.6 is 7.82 Å². The number of carbonyl (C=O) groups is 1. The van der Waals surface area contributed by atoms with E-state index in [1.807, 2.05) is 27.2 Å². The first-order valence-electron chi connectivity index (χ1n) is 21.4. The van der Waals surface area contributed by atoms with Crippen LogP contribution in [0.4, 0.5) is 0 Å². The van der Waals surface area contributed by atoms with Gasteiger partial charge in [-0.15, -0.1) is 0 Å². The van der Waals surface area contributed by atoms with Gasteiger partial charge in [0.15, 0.2) is 0 Å². The van der Waals surface area contributed by atoms with Gasteiger partial charge in [-0.1, -0.05) is 157 Å². The predicted octanol–water partition coefficient (Wildman–Crippen LogP) is 11.2. The molecule has 0 radical (unpaired) electrons. The molecule has 3 atom stereocenters. The zero-order valence-electron chi connectivity index (χ0n) is 35.6. The Labute approximate surface area is 337 Å². The molecule has 8 nitrogen and oxygen atoms in total. The van der Waals surface area contributed by atoms with Crippen molar-refractivity contribution in [3.8, 4) is 0 Å². The van der Waals surface area contributed by atoms with E-state index in [1.165, 1.54) is 32.1 Å². The fraction of sp³-hybridized carbons (Fsp3) is 0.674. The van der Waals surface area contributed by atoms with Gasteiger partial charge in [0.1, 0.15) is 13.2 Å². The average Bonchev–Trinajstić information content (AvgIpc) is 3.13. The lowest BCUT2D eigenvalue weighted by atomic mass is 10.1. The molecule has 3 unspecified atom stereocenters. The van der Waals surface area contributed by atoms with Crippen LogP contribution in [0.25, 0.3) is 0 Å². The second-order valence-electron chi connectivity index (χ2n) is 15.3. The summed E-state index contributed by atoms with van der Waals surface area (Å²) in [5.74, 6) is -0.218. The van der Waals surface area contributed by atoms with Crippen molar-refractivity contribution in [3.05, 3.63) is 85.1 Å². The molecule has 0 aromatic rings. The average molecular weight is 789 g/mol. The molecule has 0 rings (SSSR count). The van der Waals surface area contributed by atoms with E-state index in [2.05, 4.69) is 92.1 Å². The number of amides is 1. The van der Waals surface area contributed by atoms with Crippen molar-refractivity contribution in [1.82, 2.24) is 5.32 Å². The van der Waals surface area contributed by atoms with Crippen molar-refractivity contribution >= 4 is 13.7 Å². The molecule has 2 N–H and O–H groups in total. The van der Waals surface area contributed by atoms with Gasteiger partial charge >= 0.3 is 0 Å². The van der Waals surface area contributed by atoms with Gasteiger partial charge in [0.2, 0.25) is 5.91 Å². The minimum absolute atomic E-state index is 0.00809. The van der Waals surface area contributed by atoms with Gasteiger partial charge in [0.05, 0.1) is 39.9 Å². The molecule has 0 spiro atoms. The minimum atomic E-state index is -4.58. The molecular formula is C46H81N2O6P. The second-order valence-corrected chi connectivity index (χ2v) is 16.7. The normalized spacial score (nSPS) is 15.3. The fourth-order valence-corrected chi connectivity index (χ4v) is 6.17. The highest BCUT2D eigenvalue weighted by atomic mass is 31.2. The SMILES string of the molecule is CC/C=C\C/C=C\C/C=C\C/C=C\C/C=C\C/C=C\CCCCCCCCCCC(=O)NC(COP(=O)([O-])OCC[N+](C)(C)C)C(O)/C=C/CCCCCC. The summed E-state index contributed by atoms with van der Waals surface area (Å²) in [7, 11) is 1.23. The molecule has 0 aliphatic carbocycles. The van der Waals surface area contributed by atoms with Gasteiger partial charge in [0, 0.05) is 6.42 Å². The summed E-state index contributed by atoms with van der Waals surface area (Å²) in [6.45, 7) is 4.41. The van der Waals surface area contributed by atoms with Crippen molar-refractivity contribution in [3.63, 3.8) is 0 Å². The van der Waals surface area contributed by atoms with Crippen LogP contribution in [-0.4, -0.2) is 68.5 Å². The number of nitrogens with zero attached hydrogens (tertiary/aromatic N) is 1. The van der Waals surface area contributed by atoms with E-state index in [9.17, 15) is 19.4 Å². The van der Waals surface area contributed by atoms with E-state index < -0.39 is 26.6 Å². The molecule has 55 heavy (non-hydrogen) atoms. The van der Waals surface area contributed by atoms with Gasteiger partial charge in [0.25, 0.3) is 7.82 Å². The van der Waals surface area contributed by atoms with Crippen LogP contribution in [0, 0.1) is 0 Å². The zero-order valence-corrected chi connectivity index (χ0v) is 36.5. The van der Waals surface area contributed by atoms with Gasteiger partial charge in [-0.2, -0.15) is 0 Å². The second kappa shape index (κ2) is 37.3. The Balaban J connectivity index is 4.15. The number of aliphatic hydroxyl groups excluding tert-OH is 1. The molecule has 0 fully saturated rings. The summed E-state index contributed by atoms with van der Waals surface area (Å²) in [5.41, 5.74) is 0. The first-order valence-corrected chi connectivity index (χ1v) is 22.9. The summed E-state index contributed by atoms with van der Waals surface area (Å²) in [6.07, 6.45) is 50.9. The van der Waals surface area contributed by atoms with Crippen molar-refractivity contribution < 1.29 is 32.9 Å². The van der Waals surface area contributed by atoms with E-state index in [1.54, 1.807) is 6.08 Å². The predicted molar refractivity (Wildman–Crippen MR) is 233 cm³/mol. The minimum Gasteiger partial charge on any atom is -0.756 e. The monoisotopic (exact) mass is 789 g/mol. The maximum Gasteiger partial charge on any atom is 0.268 e. The summed E-state index contributed by atoms with van der Waals surface area (Å²) < 4.78 is 23.0. The van der Waals surface area contributed by atoms with Crippen molar-refractivity contribution in [1.29, 1.82) is 0 Å².